The fourth-order valence-electron chi connectivity index (χ4n) is 2.52. The lowest BCUT2D eigenvalue weighted by atomic mass is 10.1. The highest BCUT2D eigenvalue weighted by Gasteiger charge is 2.16. The van der Waals surface area contributed by atoms with Crippen molar-refractivity contribution in [2.75, 3.05) is 5.43 Å². The van der Waals surface area contributed by atoms with Gasteiger partial charge in [0.1, 0.15) is 0 Å². The molecule has 2 aromatic rings. The van der Waals surface area contributed by atoms with Crippen LogP contribution in [0.5, 0.6) is 0 Å². The monoisotopic (exact) mass is 322 g/mol. The molecule has 0 fully saturated rings. The zero-order chi connectivity index (χ0) is 16.8. The first kappa shape index (κ1) is 16.8. The number of aryl methyl sites for hydroxylation is 2. The van der Waals surface area contributed by atoms with Crippen LogP contribution in [0.4, 0.5) is 5.95 Å². The summed E-state index contributed by atoms with van der Waals surface area (Å²) in [6.45, 7) is 2.72. The Morgan fingerprint density at radius 3 is 2.65 bits per heavy atom. The molecule has 126 valence electrons. The number of amides is 1. The first-order valence-electron chi connectivity index (χ1n) is 7.74. The lowest BCUT2D eigenvalue weighted by Crippen LogP contribution is -2.29. The highest BCUT2D eigenvalue weighted by molar-refractivity contribution is 5.74. The van der Waals surface area contributed by atoms with Crippen LogP contribution in [0.1, 0.15) is 39.0 Å². The third-order valence-electron chi connectivity index (χ3n) is 3.74. The number of anilines is 1. The number of unbranched alkanes of at least 4 members (excludes halogenated alkanes) is 4. The highest BCUT2D eigenvalue weighted by atomic mass is 16.2. The number of aromatic nitrogens is 4. The third-order valence-corrected chi connectivity index (χ3v) is 3.74. The van der Waals surface area contributed by atoms with Crippen molar-refractivity contribution in [3.63, 3.8) is 0 Å². The van der Waals surface area contributed by atoms with Gasteiger partial charge in [-0.2, -0.15) is 4.98 Å². The molecule has 0 bridgehead atoms. The number of fused-ring (bicyclic) bond motifs is 1. The zero-order valence-corrected chi connectivity index (χ0v) is 13.4. The largest absolute Gasteiger partial charge is 0.329 e. The number of hydrogen-bond donors (Lipinski definition) is 3. The zero-order valence-electron chi connectivity index (χ0n) is 13.4. The maximum Gasteiger partial charge on any atom is 0.329 e. The summed E-state index contributed by atoms with van der Waals surface area (Å²) in [6.07, 6.45) is 5.87. The van der Waals surface area contributed by atoms with Crippen molar-refractivity contribution < 1.29 is 4.79 Å². The van der Waals surface area contributed by atoms with E-state index in [2.05, 4.69) is 27.7 Å². The summed E-state index contributed by atoms with van der Waals surface area (Å²) < 4.78 is 2.96. The second-order valence-corrected chi connectivity index (χ2v) is 5.38. The summed E-state index contributed by atoms with van der Waals surface area (Å²) in [5.41, 5.74) is 4.55. The number of H-pyrrole nitrogens is 1. The van der Waals surface area contributed by atoms with E-state index in [9.17, 15) is 14.4 Å². The second-order valence-electron chi connectivity index (χ2n) is 5.38. The fourth-order valence-corrected chi connectivity index (χ4v) is 2.52. The van der Waals surface area contributed by atoms with E-state index in [4.69, 9.17) is 0 Å². The van der Waals surface area contributed by atoms with Crippen LogP contribution >= 0.6 is 0 Å². The number of carbonyl (C=O) groups is 1. The Balaban J connectivity index is 2.37. The van der Waals surface area contributed by atoms with Crippen LogP contribution in [0.15, 0.2) is 9.59 Å². The molecule has 23 heavy (non-hydrogen) atoms. The molecule has 3 N–H and O–H groups in total. The van der Waals surface area contributed by atoms with E-state index in [1.54, 1.807) is 4.57 Å². The molecule has 9 nitrogen and oxygen atoms in total. The van der Waals surface area contributed by atoms with Crippen LogP contribution in [-0.4, -0.2) is 25.5 Å². The molecular weight excluding hydrogens is 300 g/mol. The van der Waals surface area contributed by atoms with Crippen molar-refractivity contribution in [2.45, 2.75) is 45.6 Å². The Morgan fingerprint density at radius 1 is 1.22 bits per heavy atom. The van der Waals surface area contributed by atoms with Crippen molar-refractivity contribution in [1.29, 1.82) is 0 Å². The van der Waals surface area contributed by atoms with E-state index >= 15 is 0 Å². The normalized spacial score (nSPS) is 10.9. The van der Waals surface area contributed by atoms with Gasteiger partial charge in [-0.15, -0.1) is 0 Å². The average Bonchev–Trinajstić information content (AvgIpc) is 2.90. The van der Waals surface area contributed by atoms with Crippen LogP contribution in [0.2, 0.25) is 0 Å². The third kappa shape index (κ3) is 3.61. The summed E-state index contributed by atoms with van der Waals surface area (Å²) in [7, 11) is 1.54. The minimum absolute atomic E-state index is 0.280. The Morgan fingerprint density at radius 2 is 1.96 bits per heavy atom. The molecule has 2 heterocycles. The molecule has 0 unspecified atom stereocenters. The molecule has 2 rings (SSSR count). The van der Waals surface area contributed by atoms with E-state index in [0.29, 0.717) is 24.4 Å². The minimum atomic E-state index is -0.523. The van der Waals surface area contributed by atoms with Gasteiger partial charge in [0.25, 0.3) is 5.56 Å². The van der Waals surface area contributed by atoms with Crippen LogP contribution < -0.4 is 22.1 Å². The van der Waals surface area contributed by atoms with Gasteiger partial charge in [-0.05, 0) is 6.42 Å². The van der Waals surface area contributed by atoms with Gasteiger partial charge in [-0.3, -0.25) is 30.0 Å². The van der Waals surface area contributed by atoms with Gasteiger partial charge in [0, 0.05) is 13.6 Å². The highest BCUT2D eigenvalue weighted by Crippen LogP contribution is 2.16. The Labute approximate surface area is 132 Å². The molecule has 0 saturated carbocycles. The van der Waals surface area contributed by atoms with E-state index in [0.717, 1.165) is 25.7 Å². The lowest BCUT2D eigenvalue weighted by molar-refractivity contribution is -0.109. The molecule has 0 aliphatic heterocycles. The summed E-state index contributed by atoms with van der Waals surface area (Å²) in [4.78, 5) is 40.9. The first-order chi connectivity index (χ1) is 11.1. The Hall–Kier alpha value is -2.58. The molecule has 0 radical (unpaired) electrons. The number of nitrogens with zero attached hydrogens (tertiary/aromatic N) is 3. The van der Waals surface area contributed by atoms with Gasteiger partial charge in [0.15, 0.2) is 11.2 Å². The van der Waals surface area contributed by atoms with Crippen LogP contribution in [0, 0.1) is 0 Å². The van der Waals surface area contributed by atoms with Gasteiger partial charge >= 0.3 is 5.69 Å². The van der Waals surface area contributed by atoms with Gasteiger partial charge in [0.2, 0.25) is 12.4 Å². The molecular formula is C14H22N6O3. The molecule has 0 aliphatic rings. The number of rotatable bonds is 9. The van der Waals surface area contributed by atoms with Crippen molar-refractivity contribution in [3.8, 4) is 0 Å². The topological polar surface area (TPSA) is 114 Å². The van der Waals surface area contributed by atoms with E-state index < -0.39 is 11.2 Å². The number of aromatic amines is 1. The van der Waals surface area contributed by atoms with Gasteiger partial charge in [-0.1, -0.05) is 32.6 Å². The number of carbonyl (C=O) groups excluding carboxylic acids is 1. The maximum absolute atomic E-state index is 12.1. The summed E-state index contributed by atoms with van der Waals surface area (Å²) >= 11 is 0. The maximum atomic E-state index is 12.1. The van der Waals surface area contributed by atoms with Crippen molar-refractivity contribution in [1.82, 2.24) is 24.5 Å². The average molecular weight is 322 g/mol. The van der Waals surface area contributed by atoms with E-state index in [-0.39, 0.29) is 5.65 Å². The number of hydrogen-bond acceptors (Lipinski definition) is 5. The van der Waals surface area contributed by atoms with Crippen molar-refractivity contribution in [3.05, 3.63) is 20.8 Å². The number of nitrogens with one attached hydrogen (secondary N) is 3. The van der Waals surface area contributed by atoms with Gasteiger partial charge in [-0.25, -0.2) is 4.79 Å². The van der Waals surface area contributed by atoms with E-state index in [1.807, 2.05) is 0 Å². The molecule has 2 aromatic heterocycles. The van der Waals surface area contributed by atoms with Gasteiger partial charge in [0.05, 0.1) is 0 Å². The molecule has 1 amide bonds. The summed E-state index contributed by atoms with van der Waals surface area (Å²) in [5, 5.41) is 0. The quantitative estimate of drug-likeness (QED) is 0.353. The predicted octanol–water partition coefficient (Wildman–Crippen LogP) is 0.467. The second kappa shape index (κ2) is 7.61. The minimum Gasteiger partial charge on any atom is -0.303 e. The molecule has 9 heteroatoms. The molecule has 0 saturated heterocycles. The summed E-state index contributed by atoms with van der Waals surface area (Å²) in [6, 6.07) is 0. The van der Waals surface area contributed by atoms with Crippen molar-refractivity contribution >= 4 is 23.5 Å². The fraction of sp³-hybridized carbons (Fsp3) is 0.571. The molecule has 0 aliphatic carbocycles. The SMILES string of the molecule is CCCCCCCn1c(NNC=O)nc2c1c(=O)[nH]c(=O)n2C. The smallest absolute Gasteiger partial charge is 0.303 e. The van der Waals surface area contributed by atoms with Crippen LogP contribution in [0.3, 0.4) is 0 Å². The molecule has 0 aromatic carbocycles. The van der Waals surface area contributed by atoms with E-state index in [1.165, 1.54) is 18.0 Å². The molecule has 0 atom stereocenters. The standard InChI is InChI=1S/C14H22N6O3/c1-3-4-5-6-7-8-20-10-11(16-13(20)18-15-9-21)19(2)14(23)17-12(10)22/h9H,3-8H2,1-2H3,(H,15,21)(H,16,18)(H,17,22,23). The number of hydrazine groups is 1. The van der Waals surface area contributed by atoms with Crippen LogP contribution in [-0.2, 0) is 18.4 Å². The van der Waals surface area contributed by atoms with Gasteiger partial charge < -0.3 is 4.57 Å². The Bertz CT molecular complexity index is 788. The lowest BCUT2D eigenvalue weighted by Gasteiger charge is -2.09. The first-order valence-corrected chi connectivity index (χ1v) is 7.74. The molecule has 0 spiro atoms. The number of imidazole rings is 1. The summed E-state index contributed by atoms with van der Waals surface area (Å²) in [5.74, 6) is 0.328. The van der Waals surface area contributed by atoms with Crippen LogP contribution in [0.25, 0.3) is 11.2 Å². The van der Waals surface area contributed by atoms with Crippen molar-refractivity contribution in [2.24, 2.45) is 7.05 Å². The Kier molecular flexibility index (Phi) is 5.56. The predicted molar refractivity (Wildman–Crippen MR) is 87.2 cm³/mol.